The monoisotopic (exact) mass is 321 g/mol. The second-order valence-electron chi connectivity index (χ2n) is 5.64. The third kappa shape index (κ3) is 6.45. The number of alkyl halides is 3. The molecule has 0 amide bonds. The van der Waals surface area contributed by atoms with Crippen LogP contribution in [-0.4, -0.2) is 13.1 Å². The topological polar surface area (TPSA) is 12.0 Å². The quantitative estimate of drug-likeness (QED) is 0.685. The largest absolute Gasteiger partial charge is 0.416 e. The molecule has 0 aromatic heterocycles. The van der Waals surface area contributed by atoms with Gasteiger partial charge in [-0.2, -0.15) is 13.2 Å². The maximum Gasteiger partial charge on any atom is 0.416 e. The van der Waals surface area contributed by atoms with E-state index in [1.165, 1.54) is 17.7 Å². The molecule has 0 atom stereocenters. The van der Waals surface area contributed by atoms with Crippen LogP contribution in [0.15, 0.2) is 54.6 Å². The van der Waals surface area contributed by atoms with E-state index < -0.39 is 11.7 Å². The lowest BCUT2D eigenvalue weighted by Crippen LogP contribution is -2.17. The Balaban J connectivity index is 1.60. The molecule has 0 spiro atoms. The summed E-state index contributed by atoms with van der Waals surface area (Å²) in [7, 11) is 0. The summed E-state index contributed by atoms with van der Waals surface area (Å²) in [5, 5.41) is 3.35. The van der Waals surface area contributed by atoms with Crippen LogP contribution >= 0.6 is 0 Å². The van der Waals surface area contributed by atoms with Crippen molar-refractivity contribution < 1.29 is 13.2 Å². The zero-order chi connectivity index (χ0) is 16.5. The van der Waals surface area contributed by atoms with Crippen molar-refractivity contribution in [3.8, 4) is 0 Å². The average molecular weight is 321 g/mol. The Kier molecular flexibility index (Phi) is 6.66. The van der Waals surface area contributed by atoms with Gasteiger partial charge in [0.15, 0.2) is 0 Å². The van der Waals surface area contributed by atoms with Crippen molar-refractivity contribution in [2.75, 3.05) is 13.1 Å². The first-order chi connectivity index (χ1) is 11.1. The Morgan fingerprint density at radius 1 is 0.739 bits per heavy atom. The van der Waals surface area contributed by atoms with Gasteiger partial charge in [0.2, 0.25) is 0 Å². The number of nitrogens with one attached hydrogen (secondary N) is 1. The summed E-state index contributed by atoms with van der Waals surface area (Å²) < 4.78 is 37.9. The molecule has 0 unspecified atom stereocenters. The molecular weight excluding hydrogens is 299 g/mol. The summed E-state index contributed by atoms with van der Waals surface area (Å²) in [6.45, 7) is 1.75. The van der Waals surface area contributed by atoms with Gasteiger partial charge < -0.3 is 5.32 Å². The molecule has 124 valence electrons. The molecule has 0 fully saturated rings. The molecule has 2 aromatic carbocycles. The minimum absolute atomic E-state index is 0.564. The molecule has 0 aliphatic heterocycles. The van der Waals surface area contributed by atoms with Crippen LogP contribution in [0.25, 0.3) is 0 Å². The van der Waals surface area contributed by atoms with Gasteiger partial charge in [-0.25, -0.2) is 0 Å². The number of hydrogen-bond acceptors (Lipinski definition) is 1. The van der Waals surface area contributed by atoms with E-state index in [9.17, 15) is 13.2 Å². The van der Waals surface area contributed by atoms with E-state index >= 15 is 0 Å². The van der Waals surface area contributed by atoms with E-state index in [-0.39, 0.29) is 0 Å². The van der Waals surface area contributed by atoms with Crippen molar-refractivity contribution in [1.29, 1.82) is 0 Å². The first-order valence-electron chi connectivity index (χ1n) is 7.96. The lowest BCUT2D eigenvalue weighted by molar-refractivity contribution is -0.137. The van der Waals surface area contributed by atoms with Crippen molar-refractivity contribution in [3.63, 3.8) is 0 Å². The molecule has 1 N–H and O–H groups in total. The van der Waals surface area contributed by atoms with Crippen LogP contribution < -0.4 is 5.32 Å². The Morgan fingerprint density at radius 2 is 1.35 bits per heavy atom. The van der Waals surface area contributed by atoms with Crippen LogP contribution in [0, 0.1) is 0 Å². The number of halogens is 3. The van der Waals surface area contributed by atoms with E-state index in [1.54, 1.807) is 6.07 Å². The number of rotatable bonds is 8. The zero-order valence-electron chi connectivity index (χ0n) is 13.1. The molecule has 0 aliphatic carbocycles. The third-order valence-electron chi connectivity index (χ3n) is 3.74. The van der Waals surface area contributed by atoms with E-state index in [0.717, 1.165) is 44.0 Å². The normalized spacial score (nSPS) is 11.6. The molecule has 0 heterocycles. The van der Waals surface area contributed by atoms with Crippen molar-refractivity contribution >= 4 is 0 Å². The molecule has 23 heavy (non-hydrogen) atoms. The van der Waals surface area contributed by atoms with E-state index in [1.807, 2.05) is 18.2 Å². The second kappa shape index (κ2) is 8.73. The summed E-state index contributed by atoms with van der Waals surface area (Å²) in [5.74, 6) is 0. The summed E-state index contributed by atoms with van der Waals surface area (Å²) in [6.07, 6.45) is -0.650. The van der Waals surface area contributed by atoms with Gasteiger partial charge in [-0.15, -0.1) is 0 Å². The highest BCUT2D eigenvalue weighted by Gasteiger charge is 2.30. The molecule has 1 nitrogen and oxygen atoms in total. The first kappa shape index (κ1) is 17.5. The van der Waals surface area contributed by atoms with Crippen LogP contribution in [0.2, 0.25) is 0 Å². The molecule has 0 saturated heterocycles. The number of benzene rings is 2. The van der Waals surface area contributed by atoms with Crippen LogP contribution in [0.3, 0.4) is 0 Å². The fourth-order valence-electron chi connectivity index (χ4n) is 2.51. The lowest BCUT2D eigenvalue weighted by Gasteiger charge is -2.09. The summed E-state index contributed by atoms with van der Waals surface area (Å²) in [6, 6.07) is 15.9. The second-order valence-corrected chi connectivity index (χ2v) is 5.64. The minimum Gasteiger partial charge on any atom is -0.317 e. The Morgan fingerprint density at radius 3 is 2.00 bits per heavy atom. The van der Waals surface area contributed by atoms with Gasteiger partial charge >= 0.3 is 6.18 Å². The highest BCUT2D eigenvalue weighted by Crippen LogP contribution is 2.29. The fraction of sp³-hybridized carbons (Fsp3) is 0.368. The molecule has 2 rings (SSSR count). The first-order valence-corrected chi connectivity index (χ1v) is 7.96. The lowest BCUT2D eigenvalue weighted by atomic mass is 10.1. The van der Waals surface area contributed by atoms with Gasteiger partial charge in [-0.3, -0.25) is 0 Å². The molecule has 0 bridgehead atoms. The predicted molar refractivity (Wildman–Crippen MR) is 87.4 cm³/mol. The highest BCUT2D eigenvalue weighted by atomic mass is 19.4. The van der Waals surface area contributed by atoms with Gasteiger partial charge in [-0.05, 0) is 56.0 Å². The van der Waals surface area contributed by atoms with E-state index in [4.69, 9.17) is 0 Å². The van der Waals surface area contributed by atoms with E-state index in [2.05, 4.69) is 17.4 Å². The molecule has 2 aromatic rings. The highest BCUT2D eigenvalue weighted by molar-refractivity contribution is 5.25. The Hall–Kier alpha value is -1.81. The zero-order valence-corrected chi connectivity index (χ0v) is 13.1. The SMILES string of the molecule is FC(F)(F)c1cccc(CCCNCCCc2ccccc2)c1. The van der Waals surface area contributed by atoms with Gasteiger partial charge in [0, 0.05) is 0 Å². The van der Waals surface area contributed by atoms with Crippen LogP contribution in [0.1, 0.15) is 29.5 Å². The molecule has 0 saturated carbocycles. The van der Waals surface area contributed by atoms with E-state index in [0.29, 0.717) is 6.42 Å². The van der Waals surface area contributed by atoms with Gasteiger partial charge in [0.25, 0.3) is 0 Å². The molecule has 4 heteroatoms. The maximum atomic E-state index is 12.6. The summed E-state index contributed by atoms with van der Waals surface area (Å²) >= 11 is 0. The standard InChI is InChI=1S/C19H22F3N/c20-19(21,22)18-12-4-9-17(15-18)11-6-14-23-13-5-10-16-7-2-1-3-8-16/h1-4,7-9,12,15,23H,5-6,10-11,13-14H2. The fourth-order valence-corrected chi connectivity index (χ4v) is 2.51. The van der Waals surface area contributed by atoms with Gasteiger partial charge in [0.1, 0.15) is 0 Å². The minimum atomic E-state index is -4.26. The molecular formula is C19H22F3N. The maximum absolute atomic E-state index is 12.6. The van der Waals surface area contributed by atoms with Crippen LogP contribution in [0.4, 0.5) is 13.2 Å². The third-order valence-corrected chi connectivity index (χ3v) is 3.74. The Bertz CT molecular complexity index is 579. The average Bonchev–Trinajstić information content (AvgIpc) is 2.54. The van der Waals surface area contributed by atoms with Gasteiger partial charge in [-0.1, -0.05) is 48.5 Å². The summed E-state index contributed by atoms with van der Waals surface area (Å²) in [4.78, 5) is 0. The number of hydrogen-bond donors (Lipinski definition) is 1. The van der Waals surface area contributed by atoms with Crippen molar-refractivity contribution in [1.82, 2.24) is 5.32 Å². The van der Waals surface area contributed by atoms with Crippen LogP contribution in [0.5, 0.6) is 0 Å². The predicted octanol–water partition coefficient (Wildman–Crippen LogP) is 4.86. The molecule has 0 radical (unpaired) electrons. The van der Waals surface area contributed by atoms with Crippen molar-refractivity contribution in [2.45, 2.75) is 31.9 Å². The number of aryl methyl sites for hydroxylation is 2. The Labute approximate surface area is 135 Å². The van der Waals surface area contributed by atoms with Gasteiger partial charge in [0.05, 0.1) is 5.56 Å². The van der Waals surface area contributed by atoms with Crippen molar-refractivity contribution in [3.05, 3.63) is 71.3 Å². The van der Waals surface area contributed by atoms with Crippen molar-refractivity contribution in [2.24, 2.45) is 0 Å². The molecule has 0 aliphatic rings. The smallest absolute Gasteiger partial charge is 0.317 e. The van der Waals surface area contributed by atoms with Crippen LogP contribution in [-0.2, 0) is 19.0 Å². The summed E-state index contributed by atoms with van der Waals surface area (Å²) in [5.41, 5.74) is 1.51.